The molecule has 0 aromatic heterocycles. The molecule has 4 nitrogen and oxygen atoms in total. The van der Waals surface area contributed by atoms with Gasteiger partial charge in [-0.3, -0.25) is 4.79 Å². The van der Waals surface area contributed by atoms with E-state index in [2.05, 4.69) is 5.32 Å². The molecule has 0 fully saturated rings. The van der Waals surface area contributed by atoms with E-state index in [1.54, 1.807) is 12.1 Å². The van der Waals surface area contributed by atoms with Crippen molar-refractivity contribution in [2.45, 2.75) is 6.92 Å². The van der Waals surface area contributed by atoms with Crippen molar-refractivity contribution in [2.24, 2.45) is 0 Å². The summed E-state index contributed by atoms with van der Waals surface area (Å²) in [4.78, 5) is 11.2. The Labute approximate surface area is 114 Å². The Morgan fingerprint density at radius 1 is 1.28 bits per heavy atom. The van der Waals surface area contributed by atoms with Crippen LogP contribution in [0.25, 0.3) is 0 Å². The topological polar surface area (TPSA) is 76.7 Å². The number of hydrogen-bond donors (Lipinski definition) is 1. The number of carbonyl (C=O) groups excluding carboxylic acids is 1. The highest BCUT2D eigenvalue weighted by molar-refractivity contribution is 6.39. The molecule has 0 saturated carbocycles. The van der Waals surface area contributed by atoms with Crippen LogP contribution in [0.1, 0.15) is 17.3 Å². The van der Waals surface area contributed by atoms with Crippen molar-refractivity contribution in [3.8, 4) is 12.1 Å². The number of nitrogens with one attached hydrogen (secondary N) is 1. The molecular formula is C12H7Cl2N3O. The summed E-state index contributed by atoms with van der Waals surface area (Å²) in [5, 5.41) is 20.3. The number of anilines is 1. The van der Waals surface area contributed by atoms with Gasteiger partial charge in [-0.05, 0) is 19.1 Å². The predicted molar refractivity (Wildman–Crippen MR) is 69.4 cm³/mol. The van der Waals surface area contributed by atoms with E-state index in [4.69, 9.17) is 33.7 Å². The van der Waals surface area contributed by atoms with E-state index in [-0.39, 0.29) is 21.4 Å². The van der Waals surface area contributed by atoms with Gasteiger partial charge in [0.2, 0.25) is 0 Å². The highest BCUT2D eigenvalue weighted by Crippen LogP contribution is 2.32. The lowest BCUT2D eigenvalue weighted by Gasteiger charge is -2.08. The summed E-state index contributed by atoms with van der Waals surface area (Å²) in [6.07, 6.45) is 1.19. The molecule has 0 aliphatic carbocycles. The lowest BCUT2D eigenvalue weighted by atomic mass is 10.1. The van der Waals surface area contributed by atoms with E-state index >= 15 is 0 Å². The maximum atomic E-state index is 11.2. The van der Waals surface area contributed by atoms with Crippen LogP contribution in [-0.4, -0.2) is 5.78 Å². The molecule has 18 heavy (non-hydrogen) atoms. The largest absolute Gasteiger partial charge is 0.357 e. The standard InChI is InChI=1S/C12H7Cl2N3O/c1-7(18)9-2-10(13)12(11(14)3-9)17-6-8(4-15)5-16/h2-3,6,17H,1H3. The van der Waals surface area contributed by atoms with Crippen LogP contribution in [0.4, 0.5) is 5.69 Å². The van der Waals surface area contributed by atoms with Gasteiger partial charge in [0.1, 0.15) is 17.7 Å². The van der Waals surface area contributed by atoms with Gasteiger partial charge in [0.25, 0.3) is 0 Å². The van der Waals surface area contributed by atoms with Crippen molar-refractivity contribution in [2.75, 3.05) is 5.32 Å². The quantitative estimate of drug-likeness (QED) is 0.678. The van der Waals surface area contributed by atoms with Gasteiger partial charge in [-0.15, -0.1) is 0 Å². The van der Waals surface area contributed by atoms with Crippen molar-refractivity contribution < 1.29 is 4.79 Å². The van der Waals surface area contributed by atoms with E-state index in [1.165, 1.54) is 25.3 Å². The average molecular weight is 280 g/mol. The van der Waals surface area contributed by atoms with Gasteiger partial charge in [-0.25, -0.2) is 0 Å². The van der Waals surface area contributed by atoms with Gasteiger partial charge >= 0.3 is 0 Å². The smallest absolute Gasteiger partial charge is 0.159 e. The summed E-state index contributed by atoms with van der Waals surface area (Å²) in [6.45, 7) is 1.40. The highest BCUT2D eigenvalue weighted by atomic mass is 35.5. The third-order valence-electron chi connectivity index (χ3n) is 2.05. The molecule has 0 aliphatic heterocycles. The van der Waals surface area contributed by atoms with Crippen LogP contribution in [0.15, 0.2) is 23.9 Å². The van der Waals surface area contributed by atoms with Crippen LogP contribution in [0.2, 0.25) is 10.0 Å². The Bertz CT molecular complexity index is 570. The first-order valence-corrected chi connectivity index (χ1v) is 5.52. The van der Waals surface area contributed by atoms with Gasteiger partial charge in [-0.1, -0.05) is 23.2 Å². The van der Waals surface area contributed by atoms with E-state index in [0.717, 1.165) is 0 Å². The fraction of sp³-hybridized carbons (Fsp3) is 0.0833. The van der Waals surface area contributed by atoms with Crippen LogP contribution in [0, 0.1) is 22.7 Å². The zero-order valence-corrected chi connectivity index (χ0v) is 10.8. The lowest BCUT2D eigenvalue weighted by Crippen LogP contribution is -1.97. The fourth-order valence-electron chi connectivity index (χ4n) is 1.15. The number of benzene rings is 1. The second-order valence-electron chi connectivity index (χ2n) is 3.30. The molecule has 0 heterocycles. The molecule has 1 rings (SSSR count). The molecule has 1 N–H and O–H groups in total. The minimum Gasteiger partial charge on any atom is -0.357 e. The van der Waals surface area contributed by atoms with Crippen LogP contribution in [0.3, 0.4) is 0 Å². The van der Waals surface area contributed by atoms with E-state index in [1.807, 2.05) is 0 Å². The molecule has 0 spiro atoms. The van der Waals surface area contributed by atoms with Gasteiger partial charge in [0.15, 0.2) is 5.78 Å². The predicted octanol–water partition coefficient (Wildman–Crippen LogP) is 3.54. The summed E-state index contributed by atoms with van der Waals surface area (Å²) in [5.41, 5.74) is 0.615. The number of rotatable bonds is 3. The maximum Gasteiger partial charge on any atom is 0.159 e. The van der Waals surface area contributed by atoms with Crippen LogP contribution < -0.4 is 5.32 Å². The van der Waals surface area contributed by atoms with Crippen molar-refractivity contribution in [1.82, 2.24) is 0 Å². The van der Waals surface area contributed by atoms with Gasteiger partial charge in [0.05, 0.1) is 15.7 Å². The summed E-state index contributed by atoms with van der Waals surface area (Å²) < 4.78 is 0. The molecule has 90 valence electrons. The van der Waals surface area contributed by atoms with Crippen molar-refractivity contribution in [3.63, 3.8) is 0 Å². The number of allylic oxidation sites excluding steroid dienone is 1. The molecule has 0 atom stereocenters. The SMILES string of the molecule is CC(=O)c1cc(Cl)c(NC=C(C#N)C#N)c(Cl)c1. The minimum absolute atomic E-state index is 0.113. The number of Topliss-reactive ketones (excluding diaryl/α,β-unsaturated/α-hetero) is 1. The summed E-state index contributed by atoms with van der Waals surface area (Å²) >= 11 is 11.9. The molecule has 0 amide bonds. The summed E-state index contributed by atoms with van der Waals surface area (Å²) in [6, 6.07) is 6.30. The molecule has 0 bridgehead atoms. The molecule has 0 saturated heterocycles. The van der Waals surface area contributed by atoms with E-state index in [0.29, 0.717) is 11.3 Å². The number of nitrogens with zero attached hydrogens (tertiary/aromatic N) is 2. The minimum atomic E-state index is -0.157. The van der Waals surface area contributed by atoms with E-state index in [9.17, 15) is 4.79 Å². The summed E-state index contributed by atoms with van der Waals surface area (Å²) in [7, 11) is 0. The second-order valence-corrected chi connectivity index (χ2v) is 4.11. The monoisotopic (exact) mass is 279 g/mol. The molecule has 6 heteroatoms. The van der Waals surface area contributed by atoms with Crippen LogP contribution >= 0.6 is 23.2 Å². The third-order valence-corrected chi connectivity index (χ3v) is 2.65. The molecule has 1 aromatic rings. The van der Waals surface area contributed by atoms with Crippen molar-refractivity contribution in [1.29, 1.82) is 10.5 Å². The first-order valence-electron chi connectivity index (χ1n) is 4.76. The molecule has 0 radical (unpaired) electrons. The van der Waals surface area contributed by atoms with Gasteiger partial charge in [-0.2, -0.15) is 10.5 Å². The Balaban J connectivity index is 3.14. The summed E-state index contributed by atoms with van der Waals surface area (Å²) in [5.74, 6) is -0.157. The van der Waals surface area contributed by atoms with Crippen molar-refractivity contribution >= 4 is 34.7 Å². The molecule has 0 unspecified atom stereocenters. The zero-order chi connectivity index (χ0) is 13.7. The van der Waals surface area contributed by atoms with Crippen LogP contribution in [-0.2, 0) is 0 Å². The Morgan fingerprint density at radius 3 is 2.17 bits per heavy atom. The third kappa shape index (κ3) is 3.24. The fourth-order valence-corrected chi connectivity index (χ4v) is 1.74. The second kappa shape index (κ2) is 6.07. The maximum absolute atomic E-state index is 11.2. The van der Waals surface area contributed by atoms with Gasteiger partial charge in [0, 0.05) is 11.8 Å². The average Bonchev–Trinajstić information content (AvgIpc) is 2.32. The molecule has 0 aliphatic rings. The lowest BCUT2D eigenvalue weighted by molar-refractivity contribution is 0.101. The van der Waals surface area contributed by atoms with E-state index < -0.39 is 0 Å². The Kier molecular flexibility index (Phi) is 4.74. The molecule has 1 aromatic carbocycles. The number of ketones is 1. The number of carbonyl (C=O) groups is 1. The van der Waals surface area contributed by atoms with Crippen LogP contribution in [0.5, 0.6) is 0 Å². The first-order chi connectivity index (χ1) is 8.49. The normalized spacial score (nSPS) is 8.94. The Morgan fingerprint density at radius 2 is 1.78 bits per heavy atom. The van der Waals surface area contributed by atoms with Gasteiger partial charge < -0.3 is 5.32 Å². The Hall–Kier alpha value is -2.01. The number of nitriles is 2. The number of hydrogen-bond acceptors (Lipinski definition) is 4. The van der Waals surface area contributed by atoms with Crippen molar-refractivity contribution in [3.05, 3.63) is 39.5 Å². The molecular weight excluding hydrogens is 273 g/mol. The highest BCUT2D eigenvalue weighted by Gasteiger charge is 2.10. The number of halogens is 2. The zero-order valence-electron chi connectivity index (χ0n) is 9.29. The first kappa shape index (κ1) is 14.1.